The van der Waals surface area contributed by atoms with Crippen molar-refractivity contribution in [3.63, 3.8) is 0 Å². The van der Waals surface area contributed by atoms with E-state index in [0.29, 0.717) is 13.1 Å². The quantitative estimate of drug-likeness (QED) is 0.856. The summed E-state index contributed by atoms with van der Waals surface area (Å²) in [5, 5.41) is 0. The molecule has 2 aliphatic heterocycles. The standard InChI is InChI=1S/C18H27N3O2/c1-14-11-21(12-15(2)23-14)18(22)17-7-3-4-9-20(17)13-16-6-5-8-19-10-16/h5-6,8,10,14-15,17H,3-4,7,9,11-13H2,1-2H3. The van der Waals surface area contributed by atoms with E-state index < -0.39 is 0 Å². The van der Waals surface area contributed by atoms with Crippen molar-refractivity contribution in [3.05, 3.63) is 30.1 Å². The number of likely N-dealkylation sites (tertiary alicyclic amines) is 1. The highest BCUT2D eigenvalue weighted by Crippen LogP contribution is 2.23. The van der Waals surface area contributed by atoms with Crippen LogP contribution < -0.4 is 0 Å². The summed E-state index contributed by atoms with van der Waals surface area (Å²) in [6.45, 7) is 7.30. The Hall–Kier alpha value is -1.46. The van der Waals surface area contributed by atoms with Crippen LogP contribution in [0.2, 0.25) is 0 Å². The van der Waals surface area contributed by atoms with Gasteiger partial charge in [0.05, 0.1) is 18.2 Å². The lowest BCUT2D eigenvalue weighted by Gasteiger charge is -2.41. The van der Waals surface area contributed by atoms with Crippen LogP contribution in [0.4, 0.5) is 0 Å². The highest BCUT2D eigenvalue weighted by molar-refractivity contribution is 5.82. The molecule has 1 aromatic heterocycles. The summed E-state index contributed by atoms with van der Waals surface area (Å²) in [7, 11) is 0. The first-order valence-electron chi connectivity index (χ1n) is 8.70. The summed E-state index contributed by atoms with van der Waals surface area (Å²) in [5.74, 6) is 0.274. The largest absolute Gasteiger partial charge is 0.372 e. The van der Waals surface area contributed by atoms with Gasteiger partial charge in [-0.15, -0.1) is 0 Å². The summed E-state index contributed by atoms with van der Waals surface area (Å²) in [5.41, 5.74) is 1.18. The molecule has 3 rings (SSSR count). The number of morpholine rings is 1. The van der Waals surface area contributed by atoms with Crippen molar-refractivity contribution >= 4 is 5.91 Å². The van der Waals surface area contributed by atoms with Gasteiger partial charge in [0.2, 0.25) is 5.91 Å². The summed E-state index contributed by atoms with van der Waals surface area (Å²) < 4.78 is 5.76. The Bertz CT molecular complexity index is 512. The number of pyridine rings is 1. The second kappa shape index (κ2) is 7.41. The van der Waals surface area contributed by atoms with Crippen molar-refractivity contribution in [3.8, 4) is 0 Å². The number of rotatable bonds is 3. The van der Waals surface area contributed by atoms with Gasteiger partial charge in [-0.05, 0) is 44.9 Å². The van der Waals surface area contributed by atoms with Gasteiger partial charge in [0.25, 0.3) is 0 Å². The average molecular weight is 317 g/mol. The predicted octanol–water partition coefficient (Wildman–Crippen LogP) is 2.07. The van der Waals surface area contributed by atoms with Crippen molar-refractivity contribution in [1.82, 2.24) is 14.8 Å². The van der Waals surface area contributed by atoms with E-state index in [2.05, 4.69) is 16.0 Å². The number of carbonyl (C=O) groups excluding carboxylic acids is 1. The smallest absolute Gasteiger partial charge is 0.240 e. The van der Waals surface area contributed by atoms with Gasteiger partial charge in [0.15, 0.2) is 0 Å². The van der Waals surface area contributed by atoms with Gasteiger partial charge in [-0.1, -0.05) is 12.5 Å². The second-order valence-corrected chi connectivity index (χ2v) is 6.84. The maximum atomic E-state index is 13.1. The fraction of sp³-hybridized carbons (Fsp3) is 0.667. The molecule has 126 valence electrons. The minimum absolute atomic E-state index is 0.00135. The number of aromatic nitrogens is 1. The fourth-order valence-electron chi connectivity index (χ4n) is 3.75. The third-order valence-electron chi connectivity index (χ3n) is 4.74. The van der Waals surface area contributed by atoms with Gasteiger partial charge in [0, 0.05) is 32.0 Å². The van der Waals surface area contributed by atoms with E-state index in [-0.39, 0.29) is 24.2 Å². The maximum Gasteiger partial charge on any atom is 0.240 e. The lowest BCUT2D eigenvalue weighted by atomic mass is 9.99. The number of hydrogen-bond acceptors (Lipinski definition) is 4. The zero-order valence-corrected chi connectivity index (χ0v) is 14.1. The van der Waals surface area contributed by atoms with E-state index in [9.17, 15) is 4.79 Å². The van der Waals surface area contributed by atoms with Crippen LogP contribution in [-0.4, -0.2) is 58.6 Å². The van der Waals surface area contributed by atoms with Crippen molar-refractivity contribution < 1.29 is 9.53 Å². The molecule has 1 aromatic rings. The van der Waals surface area contributed by atoms with Crippen molar-refractivity contribution in [1.29, 1.82) is 0 Å². The lowest BCUT2D eigenvalue weighted by molar-refractivity contribution is -0.150. The average Bonchev–Trinajstić information content (AvgIpc) is 2.55. The number of carbonyl (C=O) groups is 1. The van der Waals surface area contributed by atoms with E-state index in [1.807, 2.05) is 31.0 Å². The third-order valence-corrected chi connectivity index (χ3v) is 4.74. The SMILES string of the molecule is CC1CN(C(=O)C2CCCCN2Cc2cccnc2)CC(C)O1. The Balaban J connectivity index is 1.69. The van der Waals surface area contributed by atoms with Crippen molar-refractivity contribution in [2.75, 3.05) is 19.6 Å². The topological polar surface area (TPSA) is 45.7 Å². The molecule has 1 amide bonds. The first-order valence-corrected chi connectivity index (χ1v) is 8.70. The monoisotopic (exact) mass is 317 g/mol. The third kappa shape index (κ3) is 4.09. The van der Waals surface area contributed by atoms with E-state index in [4.69, 9.17) is 4.74 Å². The molecule has 5 heteroatoms. The maximum absolute atomic E-state index is 13.1. The van der Waals surface area contributed by atoms with Gasteiger partial charge in [-0.2, -0.15) is 0 Å². The lowest BCUT2D eigenvalue weighted by Crippen LogP contribution is -2.56. The van der Waals surface area contributed by atoms with Gasteiger partial charge in [-0.25, -0.2) is 0 Å². The number of ether oxygens (including phenoxy) is 1. The molecule has 0 radical (unpaired) electrons. The first-order chi connectivity index (χ1) is 11.1. The van der Waals surface area contributed by atoms with Gasteiger partial charge in [0.1, 0.15) is 0 Å². The molecule has 23 heavy (non-hydrogen) atoms. The normalized spacial score (nSPS) is 29.5. The highest BCUT2D eigenvalue weighted by Gasteiger charge is 2.35. The zero-order valence-electron chi connectivity index (χ0n) is 14.1. The molecule has 2 saturated heterocycles. The first kappa shape index (κ1) is 16.4. The molecule has 2 fully saturated rings. The minimum Gasteiger partial charge on any atom is -0.372 e. The van der Waals surface area contributed by atoms with Crippen molar-refractivity contribution in [2.24, 2.45) is 0 Å². The highest BCUT2D eigenvalue weighted by atomic mass is 16.5. The number of piperidine rings is 1. The molecule has 0 aliphatic carbocycles. The summed E-state index contributed by atoms with van der Waals surface area (Å²) in [4.78, 5) is 21.6. The summed E-state index contributed by atoms with van der Waals surface area (Å²) in [6.07, 6.45) is 7.19. The molecule has 0 aromatic carbocycles. The molecule has 0 spiro atoms. The van der Waals surface area contributed by atoms with E-state index in [0.717, 1.165) is 25.9 Å². The van der Waals surface area contributed by atoms with Crippen LogP contribution >= 0.6 is 0 Å². The summed E-state index contributed by atoms with van der Waals surface area (Å²) in [6, 6.07) is 4.05. The molecule has 5 nitrogen and oxygen atoms in total. The van der Waals surface area contributed by atoms with E-state index in [1.54, 1.807) is 6.20 Å². The Labute approximate surface area is 138 Å². The predicted molar refractivity (Wildman–Crippen MR) is 88.9 cm³/mol. The van der Waals surface area contributed by atoms with Gasteiger partial charge in [-0.3, -0.25) is 14.7 Å². The van der Waals surface area contributed by atoms with Crippen LogP contribution in [0.15, 0.2) is 24.5 Å². The van der Waals surface area contributed by atoms with Crippen molar-refractivity contribution in [2.45, 2.75) is 57.9 Å². The molecular formula is C18H27N3O2. The van der Waals surface area contributed by atoms with Crippen LogP contribution in [0, 0.1) is 0 Å². The van der Waals surface area contributed by atoms with Crippen LogP contribution in [-0.2, 0) is 16.1 Å². The number of amides is 1. The Morgan fingerprint density at radius 3 is 2.78 bits per heavy atom. The van der Waals surface area contributed by atoms with Gasteiger partial charge >= 0.3 is 0 Å². The van der Waals surface area contributed by atoms with E-state index >= 15 is 0 Å². The minimum atomic E-state index is 0.00135. The molecule has 3 heterocycles. The van der Waals surface area contributed by atoms with Gasteiger partial charge < -0.3 is 9.64 Å². The van der Waals surface area contributed by atoms with E-state index in [1.165, 1.54) is 12.0 Å². The number of nitrogens with zero attached hydrogens (tertiary/aromatic N) is 3. The molecular weight excluding hydrogens is 290 g/mol. The fourth-order valence-corrected chi connectivity index (χ4v) is 3.75. The zero-order chi connectivity index (χ0) is 16.2. The molecule has 0 N–H and O–H groups in total. The van der Waals surface area contributed by atoms with Crippen LogP contribution in [0.3, 0.4) is 0 Å². The Morgan fingerprint density at radius 1 is 1.30 bits per heavy atom. The molecule has 0 saturated carbocycles. The van der Waals surface area contributed by atoms with Crippen LogP contribution in [0.25, 0.3) is 0 Å². The Morgan fingerprint density at radius 2 is 2.09 bits per heavy atom. The molecule has 0 bridgehead atoms. The molecule has 2 aliphatic rings. The second-order valence-electron chi connectivity index (χ2n) is 6.84. The Kier molecular flexibility index (Phi) is 5.28. The van der Waals surface area contributed by atoms with Crippen LogP contribution in [0.1, 0.15) is 38.7 Å². The summed E-state index contributed by atoms with van der Waals surface area (Å²) >= 11 is 0. The van der Waals surface area contributed by atoms with Crippen LogP contribution in [0.5, 0.6) is 0 Å². The molecule has 3 unspecified atom stereocenters. The molecule has 3 atom stereocenters. The number of hydrogen-bond donors (Lipinski definition) is 0.